The molecule has 4 rings (SSSR count). The van der Waals surface area contributed by atoms with Gasteiger partial charge in [-0.1, -0.05) is 12.1 Å². The highest BCUT2D eigenvalue weighted by atomic mass is 32.1. The van der Waals surface area contributed by atoms with E-state index >= 15 is 0 Å². The molecule has 1 fully saturated rings. The maximum Gasteiger partial charge on any atom is 0.255 e. The molecule has 6 heteroatoms. The van der Waals surface area contributed by atoms with E-state index in [1.807, 2.05) is 23.1 Å². The molecule has 0 saturated carbocycles. The van der Waals surface area contributed by atoms with E-state index in [-0.39, 0.29) is 17.5 Å². The molecule has 1 atom stereocenters. The minimum absolute atomic E-state index is 0.0202. The number of pyridine rings is 1. The third kappa shape index (κ3) is 2.55. The Bertz CT molecular complexity index is 877. The first-order valence-electron chi connectivity index (χ1n) is 7.57. The zero-order valence-electron chi connectivity index (χ0n) is 12.4. The lowest BCUT2D eigenvalue weighted by molar-refractivity contribution is 0.0735. The fraction of sp³-hybridized carbons (Fsp3) is 0.235. The van der Waals surface area contributed by atoms with Crippen molar-refractivity contribution in [1.82, 2.24) is 14.9 Å². The lowest BCUT2D eigenvalue weighted by Crippen LogP contribution is -2.30. The number of thiazole rings is 1. The maximum absolute atomic E-state index is 12.7. The van der Waals surface area contributed by atoms with Crippen molar-refractivity contribution in [2.24, 2.45) is 0 Å². The Hall–Kier alpha value is -2.47. The fourth-order valence-corrected chi connectivity index (χ4v) is 4.12. The van der Waals surface area contributed by atoms with Gasteiger partial charge in [0, 0.05) is 18.8 Å². The van der Waals surface area contributed by atoms with Gasteiger partial charge in [0.2, 0.25) is 5.56 Å². The van der Waals surface area contributed by atoms with E-state index in [0.717, 1.165) is 34.6 Å². The largest absolute Gasteiger partial charge is 0.329 e. The Kier molecular flexibility index (Phi) is 3.46. The van der Waals surface area contributed by atoms with Crippen molar-refractivity contribution in [3.63, 3.8) is 0 Å². The predicted octanol–water partition coefficient (Wildman–Crippen LogP) is 2.96. The first-order valence-corrected chi connectivity index (χ1v) is 8.39. The number of likely N-dealkylation sites (tertiary alicyclic amines) is 1. The normalized spacial score (nSPS) is 17.7. The van der Waals surface area contributed by atoms with E-state index in [2.05, 4.69) is 11.1 Å². The van der Waals surface area contributed by atoms with Gasteiger partial charge in [0.05, 0.1) is 21.8 Å². The average molecular weight is 325 g/mol. The monoisotopic (exact) mass is 325 g/mol. The molecule has 1 saturated heterocycles. The molecule has 0 aliphatic carbocycles. The number of aromatic nitrogens is 2. The molecule has 116 valence electrons. The SMILES string of the molecule is O=C(c1ccc(=O)[nH]c1)N1CCC[C@H]1c1nc2ccccc2s1. The standard InChI is InChI=1S/C17H15N3O2S/c21-15-8-7-11(10-18-15)17(22)20-9-3-5-13(20)16-19-12-4-1-2-6-14(12)23-16/h1-2,4,6-8,10,13H,3,5,9H2,(H,18,21)/t13-/m0/s1. The summed E-state index contributed by atoms with van der Waals surface area (Å²) in [6.07, 6.45) is 3.38. The van der Waals surface area contributed by atoms with E-state index in [0.29, 0.717) is 5.56 Å². The van der Waals surface area contributed by atoms with Gasteiger partial charge >= 0.3 is 0 Å². The topological polar surface area (TPSA) is 66.1 Å². The highest BCUT2D eigenvalue weighted by molar-refractivity contribution is 7.18. The second kappa shape index (κ2) is 5.62. The average Bonchev–Trinajstić information content (AvgIpc) is 3.21. The Morgan fingerprint density at radius 3 is 2.91 bits per heavy atom. The van der Waals surface area contributed by atoms with Crippen molar-refractivity contribution < 1.29 is 4.79 Å². The van der Waals surface area contributed by atoms with Crippen LogP contribution in [-0.4, -0.2) is 27.3 Å². The molecular formula is C17H15N3O2S. The number of benzene rings is 1. The van der Waals surface area contributed by atoms with Crippen LogP contribution in [0.4, 0.5) is 0 Å². The third-order valence-corrected chi connectivity index (χ3v) is 5.28. The zero-order valence-corrected chi connectivity index (χ0v) is 13.2. The molecule has 1 aliphatic rings. The molecule has 23 heavy (non-hydrogen) atoms. The molecule has 5 nitrogen and oxygen atoms in total. The van der Waals surface area contributed by atoms with Crippen LogP contribution in [0.15, 0.2) is 47.4 Å². The fourth-order valence-electron chi connectivity index (χ4n) is 3.01. The summed E-state index contributed by atoms with van der Waals surface area (Å²) < 4.78 is 1.14. The van der Waals surface area contributed by atoms with Gasteiger partial charge in [0.15, 0.2) is 0 Å². The van der Waals surface area contributed by atoms with Crippen LogP contribution in [0, 0.1) is 0 Å². The minimum atomic E-state index is -0.203. The van der Waals surface area contributed by atoms with Crippen LogP contribution in [0.5, 0.6) is 0 Å². The molecule has 1 amide bonds. The second-order valence-electron chi connectivity index (χ2n) is 5.62. The quantitative estimate of drug-likeness (QED) is 0.788. The van der Waals surface area contributed by atoms with Crippen LogP contribution in [0.2, 0.25) is 0 Å². The lowest BCUT2D eigenvalue weighted by atomic mass is 10.2. The molecule has 0 unspecified atom stereocenters. The number of carbonyl (C=O) groups excluding carboxylic acids is 1. The van der Waals surface area contributed by atoms with Gasteiger partial charge in [0.25, 0.3) is 5.91 Å². The smallest absolute Gasteiger partial charge is 0.255 e. The highest BCUT2D eigenvalue weighted by Gasteiger charge is 2.32. The summed E-state index contributed by atoms with van der Waals surface area (Å²) in [5.41, 5.74) is 1.29. The maximum atomic E-state index is 12.7. The third-order valence-electron chi connectivity index (χ3n) is 4.14. The summed E-state index contributed by atoms with van der Waals surface area (Å²) in [6.45, 7) is 0.721. The van der Waals surface area contributed by atoms with E-state index < -0.39 is 0 Å². The summed E-state index contributed by atoms with van der Waals surface area (Å²) in [7, 11) is 0. The molecule has 1 aliphatic heterocycles. The Morgan fingerprint density at radius 1 is 1.26 bits per heavy atom. The zero-order chi connectivity index (χ0) is 15.8. The molecule has 0 spiro atoms. The second-order valence-corrected chi connectivity index (χ2v) is 6.68. The molecular weight excluding hydrogens is 310 g/mol. The summed E-state index contributed by atoms with van der Waals surface area (Å²) >= 11 is 1.65. The minimum Gasteiger partial charge on any atom is -0.329 e. The van der Waals surface area contributed by atoms with Crippen molar-refractivity contribution in [3.8, 4) is 0 Å². The molecule has 1 aromatic carbocycles. The van der Waals surface area contributed by atoms with Gasteiger partial charge in [-0.05, 0) is 31.0 Å². The van der Waals surface area contributed by atoms with Crippen LogP contribution in [0.3, 0.4) is 0 Å². The number of para-hydroxylation sites is 1. The molecule has 0 radical (unpaired) electrons. The number of hydrogen-bond acceptors (Lipinski definition) is 4. The number of amides is 1. The summed E-state index contributed by atoms with van der Waals surface area (Å²) in [6, 6.07) is 11.0. The molecule has 2 aromatic heterocycles. The predicted molar refractivity (Wildman–Crippen MR) is 89.7 cm³/mol. The number of nitrogens with zero attached hydrogens (tertiary/aromatic N) is 2. The summed E-state index contributed by atoms with van der Waals surface area (Å²) in [5.74, 6) is -0.0528. The van der Waals surface area contributed by atoms with Crippen LogP contribution in [0.25, 0.3) is 10.2 Å². The van der Waals surface area contributed by atoms with E-state index in [9.17, 15) is 9.59 Å². The van der Waals surface area contributed by atoms with E-state index in [1.54, 1.807) is 17.4 Å². The van der Waals surface area contributed by atoms with Gasteiger partial charge in [-0.2, -0.15) is 0 Å². The molecule has 1 N–H and O–H groups in total. The van der Waals surface area contributed by atoms with Gasteiger partial charge < -0.3 is 9.88 Å². The molecule has 3 heterocycles. The van der Waals surface area contributed by atoms with Crippen molar-refractivity contribution >= 4 is 27.5 Å². The Labute approximate surface area is 136 Å². The number of carbonyl (C=O) groups is 1. The van der Waals surface area contributed by atoms with Gasteiger partial charge in [-0.15, -0.1) is 11.3 Å². The van der Waals surface area contributed by atoms with Crippen LogP contribution >= 0.6 is 11.3 Å². The number of hydrogen-bond donors (Lipinski definition) is 1. The number of H-pyrrole nitrogens is 1. The number of rotatable bonds is 2. The first kappa shape index (κ1) is 14.1. The van der Waals surface area contributed by atoms with Crippen LogP contribution < -0.4 is 5.56 Å². The number of aromatic amines is 1. The van der Waals surface area contributed by atoms with Crippen molar-refractivity contribution in [2.45, 2.75) is 18.9 Å². The first-order chi connectivity index (χ1) is 11.2. The van der Waals surface area contributed by atoms with E-state index in [1.165, 1.54) is 12.3 Å². The number of fused-ring (bicyclic) bond motifs is 1. The lowest BCUT2D eigenvalue weighted by Gasteiger charge is -2.23. The summed E-state index contributed by atoms with van der Waals surface area (Å²) in [4.78, 5) is 33.0. The van der Waals surface area contributed by atoms with E-state index in [4.69, 9.17) is 4.98 Å². The van der Waals surface area contributed by atoms with Crippen molar-refractivity contribution in [2.75, 3.05) is 6.54 Å². The van der Waals surface area contributed by atoms with Crippen molar-refractivity contribution in [1.29, 1.82) is 0 Å². The van der Waals surface area contributed by atoms with Gasteiger partial charge in [0.1, 0.15) is 5.01 Å². The Morgan fingerprint density at radius 2 is 2.13 bits per heavy atom. The van der Waals surface area contributed by atoms with Crippen molar-refractivity contribution in [3.05, 3.63) is 63.5 Å². The molecule has 0 bridgehead atoms. The van der Waals surface area contributed by atoms with Crippen LogP contribution in [-0.2, 0) is 0 Å². The number of nitrogens with one attached hydrogen (secondary N) is 1. The Balaban J connectivity index is 1.67. The van der Waals surface area contributed by atoms with Crippen LogP contribution in [0.1, 0.15) is 34.2 Å². The molecule has 3 aromatic rings. The van der Waals surface area contributed by atoms with Gasteiger partial charge in [-0.3, -0.25) is 9.59 Å². The van der Waals surface area contributed by atoms with Gasteiger partial charge in [-0.25, -0.2) is 4.98 Å². The highest BCUT2D eigenvalue weighted by Crippen LogP contribution is 2.37. The summed E-state index contributed by atoms with van der Waals surface area (Å²) in [5, 5.41) is 0.987.